The third-order valence-electron chi connectivity index (χ3n) is 1.61. The van der Waals surface area contributed by atoms with Crippen LogP contribution < -0.4 is 15.8 Å². The lowest BCUT2D eigenvalue weighted by Gasteiger charge is -2.09. The lowest BCUT2D eigenvalue weighted by Crippen LogP contribution is -1.98. The number of rotatable bonds is 3. The van der Waals surface area contributed by atoms with E-state index in [1.54, 1.807) is 13.2 Å². The van der Waals surface area contributed by atoms with E-state index in [-0.39, 0.29) is 0 Å². The zero-order valence-electron chi connectivity index (χ0n) is 7.92. The molecule has 0 saturated carbocycles. The lowest BCUT2D eigenvalue weighted by molar-refractivity contribution is 0.415. The van der Waals surface area contributed by atoms with E-state index >= 15 is 0 Å². The van der Waals surface area contributed by atoms with E-state index in [0.717, 1.165) is 17.1 Å². The van der Waals surface area contributed by atoms with E-state index in [2.05, 4.69) is 11.9 Å². The molecule has 0 bridgehead atoms. The van der Waals surface area contributed by atoms with Gasteiger partial charge in [-0.05, 0) is 19.1 Å². The van der Waals surface area contributed by atoms with Crippen LogP contribution in [0.1, 0.15) is 6.92 Å². The van der Waals surface area contributed by atoms with Crippen LogP contribution in [0.15, 0.2) is 30.5 Å². The number of methoxy groups -OCH3 is 1. The second-order valence-corrected chi connectivity index (χ2v) is 2.86. The molecule has 0 aliphatic carbocycles. The summed E-state index contributed by atoms with van der Waals surface area (Å²) < 4.78 is 5.02. The van der Waals surface area contributed by atoms with Crippen molar-refractivity contribution in [1.82, 2.24) is 0 Å². The summed E-state index contributed by atoms with van der Waals surface area (Å²) in [6, 6.07) is 5.48. The first kappa shape index (κ1) is 9.45. The van der Waals surface area contributed by atoms with Crippen LogP contribution in [0.3, 0.4) is 0 Å². The Morgan fingerprint density at radius 3 is 2.69 bits per heavy atom. The first-order valence-electron chi connectivity index (χ1n) is 3.99. The fraction of sp³-hybridized carbons (Fsp3) is 0.200. The predicted molar refractivity (Wildman–Crippen MR) is 55.8 cm³/mol. The summed E-state index contributed by atoms with van der Waals surface area (Å²) in [5, 5.41) is 3.05. The molecule has 0 unspecified atom stereocenters. The highest BCUT2D eigenvalue weighted by molar-refractivity contribution is 5.69. The summed E-state index contributed by atoms with van der Waals surface area (Å²) in [7, 11) is 1.61. The van der Waals surface area contributed by atoms with E-state index in [1.165, 1.54) is 0 Å². The molecule has 0 heterocycles. The number of allylic oxidation sites excluding steroid dienone is 1. The van der Waals surface area contributed by atoms with Crippen molar-refractivity contribution in [1.29, 1.82) is 0 Å². The van der Waals surface area contributed by atoms with Crippen LogP contribution >= 0.6 is 0 Å². The van der Waals surface area contributed by atoms with Crippen LogP contribution in [0.25, 0.3) is 0 Å². The minimum Gasteiger partial charge on any atom is -0.497 e. The number of ether oxygens (including phenoxy) is 1. The van der Waals surface area contributed by atoms with Crippen LogP contribution in [0.5, 0.6) is 5.75 Å². The fourth-order valence-corrected chi connectivity index (χ4v) is 1.01. The Hall–Kier alpha value is -1.64. The normalized spacial score (nSPS) is 9.38. The Balaban J connectivity index is 2.91. The summed E-state index contributed by atoms with van der Waals surface area (Å²) in [6.45, 7) is 5.61. The van der Waals surface area contributed by atoms with Gasteiger partial charge in [-0.15, -0.1) is 0 Å². The smallest absolute Gasteiger partial charge is 0.121 e. The van der Waals surface area contributed by atoms with Gasteiger partial charge in [0.15, 0.2) is 0 Å². The van der Waals surface area contributed by atoms with Crippen LogP contribution in [-0.2, 0) is 0 Å². The van der Waals surface area contributed by atoms with Gasteiger partial charge in [-0.25, -0.2) is 0 Å². The second kappa shape index (κ2) is 3.85. The molecule has 0 atom stereocenters. The molecule has 0 aliphatic rings. The third kappa shape index (κ3) is 2.40. The van der Waals surface area contributed by atoms with Gasteiger partial charge >= 0.3 is 0 Å². The van der Waals surface area contributed by atoms with Crippen LogP contribution in [0, 0.1) is 0 Å². The Morgan fingerprint density at radius 1 is 1.54 bits per heavy atom. The van der Waals surface area contributed by atoms with Crippen molar-refractivity contribution in [2.75, 3.05) is 18.2 Å². The van der Waals surface area contributed by atoms with Crippen molar-refractivity contribution in [3.8, 4) is 5.75 Å². The molecular formula is C10H14N2O. The van der Waals surface area contributed by atoms with Gasteiger partial charge in [-0.3, -0.25) is 0 Å². The molecule has 1 rings (SSSR count). The molecule has 0 fully saturated rings. The summed E-state index contributed by atoms with van der Waals surface area (Å²) in [4.78, 5) is 0. The molecule has 3 nitrogen and oxygen atoms in total. The largest absolute Gasteiger partial charge is 0.497 e. The van der Waals surface area contributed by atoms with Gasteiger partial charge in [0.25, 0.3) is 0 Å². The number of nitrogen functional groups attached to an aromatic ring is 1. The van der Waals surface area contributed by atoms with Gasteiger partial charge in [-0.1, -0.05) is 6.58 Å². The Kier molecular flexibility index (Phi) is 2.80. The molecule has 0 amide bonds. The van der Waals surface area contributed by atoms with E-state index in [4.69, 9.17) is 10.5 Å². The minimum atomic E-state index is 0.655. The van der Waals surface area contributed by atoms with Crippen molar-refractivity contribution in [3.63, 3.8) is 0 Å². The monoisotopic (exact) mass is 178 g/mol. The molecule has 3 N–H and O–H groups in total. The predicted octanol–water partition coefficient (Wildman–Crippen LogP) is 2.22. The van der Waals surface area contributed by atoms with Crippen LogP contribution in [0.4, 0.5) is 11.4 Å². The highest BCUT2D eigenvalue weighted by Crippen LogP contribution is 2.24. The first-order valence-corrected chi connectivity index (χ1v) is 3.99. The topological polar surface area (TPSA) is 47.3 Å². The van der Waals surface area contributed by atoms with E-state index < -0.39 is 0 Å². The highest BCUT2D eigenvalue weighted by atomic mass is 16.5. The standard InChI is InChI=1S/C10H14N2O/c1-7(2)12-10-5-4-8(13-3)6-9(10)11/h4-6,12H,1,11H2,2-3H3. The second-order valence-electron chi connectivity index (χ2n) is 2.86. The first-order chi connectivity index (χ1) is 6.13. The van der Waals surface area contributed by atoms with E-state index in [1.807, 2.05) is 19.1 Å². The third-order valence-corrected chi connectivity index (χ3v) is 1.61. The molecular weight excluding hydrogens is 164 g/mol. The summed E-state index contributed by atoms with van der Waals surface area (Å²) >= 11 is 0. The summed E-state index contributed by atoms with van der Waals surface area (Å²) in [5.74, 6) is 0.754. The molecule has 0 saturated heterocycles. The number of anilines is 2. The van der Waals surface area contributed by atoms with Crippen LogP contribution in [0.2, 0.25) is 0 Å². The van der Waals surface area contributed by atoms with Crippen molar-refractivity contribution >= 4 is 11.4 Å². The van der Waals surface area contributed by atoms with Gasteiger partial charge in [0.2, 0.25) is 0 Å². The average Bonchev–Trinajstić information content (AvgIpc) is 2.08. The molecule has 0 radical (unpaired) electrons. The Morgan fingerprint density at radius 2 is 2.23 bits per heavy atom. The Bertz CT molecular complexity index is 321. The van der Waals surface area contributed by atoms with Gasteiger partial charge in [0.05, 0.1) is 18.5 Å². The van der Waals surface area contributed by atoms with Crippen molar-refractivity contribution in [2.45, 2.75) is 6.92 Å². The van der Waals surface area contributed by atoms with Gasteiger partial charge in [0.1, 0.15) is 5.75 Å². The van der Waals surface area contributed by atoms with Crippen molar-refractivity contribution in [3.05, 3.63) is 30.5 Å². The van der Waals surface area contributed by atoms with E-state index in [9.17, 15) is 0 Å². The average molecular weight is 178 g/mol. The SMILES string of the molecule is C=C(C)Nc1ccc(OC)cc1N. The zero-order chi connectivity index (χ0) is 9.84. The van der Waals surface area contributed by atoms with Gasteiger partial charge < -0.3 is 15.8 Å². The van der Waals surface area contributed by atoms with E-state index in [0.29, 0.717) is 5.69 Å². The number of benzene rings is 1. The maximum absolute atomic E-state index is 5.76. The zero-order valence-corrected chi connectivity index (χ0v) is 7.92. The summed E-state index contributed by atoms with van der Waals surface area (Å²) in [5.41, 5.74) is 8.13. The number of hydrogen-bond donors (Lipinski definition) is 2. The molecule has 1 aromatic carbocycles. The number of nitrogens with two attached hydrogens (primary N) is 1. The molecule has 13 heavy (non-hydrogen) atoms. The van der Waals surface area contributed by atoms with Gasteiger partial charge in [-0.2, -0.15) is 0 Å². The minimum absolute atomic E-state index is 0.655. The molecule has 0 aliphatic heterocycles. The molecule has 0 spiro atoms. The molecule has 70 valence electrons. The number of hydrogen-bond acceptors (Lipinski definition) is 3. The maximum Gasteiger partial charge on any atom is 0.121 e. The summed E-state index contributed by atoms with van der Waals surface area (Å²) in [6.07, 6.45) is 0. The lowest BCUT2D eigenvalue weighted by atomic mass is 10.2. The molecule has 0 aromatic heterocycles. The highest BCUT2D eigenvalue weighted by Gasteiger charge is 1.99. The number of nitrogens with one attached hydrogen (secondary N) is 1. The van der Waals surface area contributed by atoms with Gasteiger partial charge in [0, 0.05) is 11.8 Å². The quantitative estimate of drug-likeness (QED) is 0.698. The van der Waals surface area contributed by atoms with Crippen LogP contribution in [-0.4, -0.2) is 7.11 Å². The fourth-order valence-electron chi connectivity index (χ4n) is 1.01. The molecule has 3 heteroatoms. The Labute approximate surface area is 78.2 Å². The van der Waals surface area contributed by atoms with Crippen molar-refractivity contribution in [2.24, 2.45) is 0 Å². The maximum atomic E-state index is 5.76. The molecule has 1 aromatic rings. The van der Waals surface area contributed by atoms with Crippen molar-refractivity contribution < 1.29 is 4.74 Å².